The highest BCUT2D eigenvalue weighted by atomic mass is 32.1. The number of aromatic nitrogens is 1. The Balaban J connectivity index is 1.98. The van der Waals surface area contributed by atoms with Gasteiger partial charge in [0.2, 0.25) is 5.91 Å². The van der Waals surface area contributed by atoms with Crippen LogP contribution in [-0.4, -0.2) is 52.5 Å². The molecule has 0 saturated carbocycles. The van der Waals surface area contributed by atoms with Crippen molar-refractivity contribution in [1.82, 2.24) is 15.2 Å². The van der Waals surface area contributed by atoms with Crippen LogP contribution >= 0.6 is 11.3 Å². The van der Waals surface area contributed by atoms with E-state index in [9.17, 15) is 9.59 Å². The number of carbonyl (C=O) groups is 2. The molecule has 1 aromatic heterocycles. The normalized spacial score (nSPS) is 20.7. The van der Waals surface area contributed by atoms with E-state index in [1.165, 1.54) is 0 Å². The van der Waals surface area contributed by atoms with Crippen LogP contribution < -0.4 is 5.32 Å². The lowest BCUT2D eigenvalue weighted by Gasteiger charge is -2.32. The first-order chi connectivity index (χ1) is 8.58. The van der Waals surface area contributed by atoms with E-state index in [0.29, 0.717) is 6.54 Å². The van der Waals surface area contributed by atoms with Gasteiger partial charge in [-0.05, 0) is 13.3 Å². The molecule has 0 radical (unpaired) electrons. The third-order valence-electron chi connectivity index (χ3n) is 3.04. The Kier molecular flexibility index (Phi) is 3.93. The molecule has 1 aliphatic heterocycles. The molecule has 2 heterocycles. The van der Waals surface area contributed by atoms with Crippen molar-refractivity contribution in [3.05, 3.63) is 16.1 Å². The van der Waals surface area contributed by atoms with Gasteiger partial charge in [0.05, 0.1) is 17.7 Å². The van der Waals surface area contributed by atoms with E-state index in [1.807, 2.05) is 6.92 Å². The van der Waals surface area contributed by atoms with Crippen molar-refractivity contribution >= 4 is 23.2 Å². The van der Waals surface area contributed by atoms with Crippen molar-refractivity contribution in [2.75, 3.05) is 19.6 Å². The van der Waals surface area contributed by atoms with Gasteiger partial charge in [0, 0.05) is 18.0 Å². The summed E-state index contributed by atoms with van der Waals surface area (Å²) in [6, 6.07) is -0.629. The van der Waals surface area contributed by atoms with Crippen molar-refractivity contribution in [3.8, 4) is 0 Å². The Morgan fingerprint density at radius 3 is 3.11 bits per heavy atom. The molecular formula is C11H15N3O3S. The average molecular weight is 269 g/mol. The van der Waals surface area contributed by atoms with E-state index in [-0.39, 0.29) is 19.0 Å². The highest BCUT2D eigenvalue weighted by Gasteiger charge is 2.31. The molecule has 1 fully saturated rings. The second kappa shape index (κ2) is 5.45. The highest BCUT2D eigenvalue weighted by molar-refractivity contribution is 7.09. The molecule has 1 atom stereocenters. The molecule has 0 aromatic carbocycles. The number of thiazole rings is 1. The van der Waals surface area contributed by atoms with Crippen molar-refractivity contribution < 1.29 is 14.7 Å². The number of carboxylic acid groups (broad SMARTS) is 1. The quantitative estimate of drug-likeness (QED) is 0.796. The van der Waals surface area contributed by atoms with Gasteiger partial charge >= 0.3 is 5.97 Å². The van der Waals surface area contributed by atoms with Gasteiger partial charge in [-0.2, -0.15) is 0 Å². The molecule has 1 aromatic rings. The van der Waals surface area contributed by atoms with Crippen LogP contribution in [0.5, 0.6) is 0 Å². The maximum absolute atomic E-state index is 11.3. The van der Waals surface area contributed by atoms with Crippen LogP contribution in [0.2, 0.25) is 0 Å². The largest absolute Gasteiger partial charge is 0.480 e. The first kappa shape index (κ1) is 13.0. The predicted molar refractivity (Wildman–Crippen MR) is 66.6 cm³/mol. The Labute approximate surface area is 109 Å². The monoisotopic (exact) mass is 269 g/mol. The van der Waals surface area contributed by atoms with Crippen LogP contribution in [0.15, 0.2) is 5.51 Å². The van der Waals surface area contributed by atoms with Crippen molar-refractivity contribution in [1.29, 1.82) is 0 Å². The number of rotatable bonds is 4. The lowest BCUT2D eigenvalue weighted by molar-refractivity contribution is -0.145. The van der Waals surface area contributed by atoms with Crippen LogP contribution in [0, 0.1) is 6.92 Å². The van der Waals surface area contributed by atoms with Crippen molar-refractivity contribution in [2.24, 2.45) is 0 Å². The Morgan fingerprint density at radius 1 is 1.72 bits per heavy atom. The lowest BCUT2D eigenvalue weighted by Crippen LogP contribution is -2.57. The molecule has 0 aliphatic carbocycles. The number of carboxylic acids is 1. The van der Waals surface area contributed by atoms with Gasteiger partial charge in [-0.3, -0.25) is 14.5 Å². The SMILES string of the molecule is Cc1ncsc1CCN1CC(=O)NCC1C(=O)O. The van der Waals surface area contributed by atoms with Crippen LogP contribution in [0.25, 0.3) is 0 Å². The minimum atomic E-state index is -0.893. The number of hydrogen-bond acceptors (Lipinski definition) is 5. The number of carbonyl (C=O) groups excluding carboxylic acids is 1. The number of nitrogens with zero attached hydrogens (tertiary/aromatic N) is 2. The van der Waals surface area contributed by atoms with E-state index in [2.05, 4.69) is 10.3 Å². The summed E-state index contributed by atoms with van der Waals surface area (Å²) in [7, 11) is 0. The summed E-state index contributed by atoms with van der Waals surface area (Å²) in [6.45, 7) is 2.82. The first-order valence-corrected chi connectivity index (χ1v) is 6.58. The molecule has 98 valence electrons. The van der Waals surface area contributed by atoms with Gasteiger partial charge in [0.25, 0.3) is 0 Å². The standard InChI is InChI=1S/C11H15N3O3S/c1-7-9(18-6-13-7)2-3-14-5-10(15)12-4-8(14)11(16)17/h6,8H,2-5H2,1H3,(H,12,15)(H,16,17). The zero-order valence-electron chi connectivity index (χ0n) is 10.0. The molecule has 1 aliphatic rings. The molecule has 18 heavy (non-hydrogen) atoms. The Bertz CT molecular complexity index is 460. The predicted octanol–water partition coefficient (Wildman–Crippen LogP) is -0.121. The molecule has 1 unspecified atom stereocenters. The lowest BCUT2D eigenvalue weighted by atomic mass is 10.1. The van der Waals surface area contributed by atoms with Gasteiger partial charge in [-0.15, -0.1) is 11.3 Å². The number of aliphatic carboxylic acids is 1. The summed E-state index contributed by atoms with van der Waals surface area (Å²) in [6.07, 6.45) is 0.730. The second-order valence-corrected chi connectivity index (χ2v) is 5.18. The maximum Gasteiger partial charge on any atom is 0.322 e. The molecule has 1 amide bonds. The molecule has 0 spiro atoms. The fourth-order valence-electron chi connectivity index (χ4n) is 1.98. The number of piperazine rings is 1. The zero-order valence-corrected chi connectivity index (χ0v) is 10.9. The number of nitrogens with one attached hydrogen (secondary N) is 1. The number of hydrogen-bond donors (Lipinski definition) is 2. The molecule has 1 saturated heterocycles. The van der Waals surface area contributed by atoms with E-state index < -0.39 is 12.0 Å². The van der Waals surface area contributed by atoms with Crippen LogP contribution in [0.4, 0.5) is 0 Å². The van der Waals surface area contributed by atoms with Gasteiger partial charge < -0.3 is 10.4 Å². The van der Waals surface area contributed by atoms with E-state index in [1.54, 1.807) is 21.7 Å². The molecule has 2 rings (SSSR count). The molecule has 6 nitrogen and oxygen atoms in total. The average Bonchev–Trinajstić information content (AvgIpc) is 2.72. The summed E-state index contributed by atoms with van der Waals surface area (Å²) in [5.74, 6) is -1.01. The molecule has 7 heteroatoms. The van der Waals surface area contributed by atoms with E-state index in [0.717, 1.165) is 17.0 Å². The summed E-state index contributed by atoms with van der Waals surface area (Å²) >= 11 is 1.56. The Hall–Kier alpha value is -1.47. The van der Waals surface area contributed by atoms with Crippen LogP contribution in [0.1, 0.15) is 10.6 Å². The Morgan fingerprint density at radius 2 is 2.50 bits per heavy atom. The summed E-state index contributed by atoms with van der Waals surface area (Å²) in [5, 5.41) is 11.7. The fraction of sp³-hybridized carbons (Fsp3) is 0.545. The molecule has 0 bridgehead atoms. The maximum atomic E-state index is 11.3. The number of aryl methyl sites for hydroxylation is 1. The number of amides is 1. The third kappa shape index (κ3) is 2.85. The zero-order chi connectivity index (χ0) is 13.1. The van der Waals surface area contributed by atoms with Crippen molar-refractivity contribution in [2.45, 2.75) is 19.4 Å². The van der Waals surface area contributed by atoms with Crippen LogP contribution in [-0.2, 0) is 16.0 Å². The minimum absolute atomic E-state index is 0.117. The summed E-state index contributed by atoms with van der Waals surface area (Å²) < 4.78 is 0. The first-order valence-electron chi connectivity index (χ1n) is 5.70. The molecular weight excluding hydrogens is 254 g/mol. The highest BCUT2D eigenvalue weighted by Crippen LogP contribution is 2.14. The van der Waals surface area contributed by atoms with Crippen LogP contribution in [0.3, 0.4) is 0 Å². The summed E-state index contributed by atoms with van der Waals surface area (Å²) in [5.41, 5.74) is 2.76. The van der Waals surface area contributed by atoms with Gasteiger partial charge in [-0.1, -0.05) is 0 Å². The fourth-order valence-corrected chi connectivity index (χ4v) is 2.75. The van der Waals surface area contributed by atoms with Gasteiger partial charge in [-0.25, -0.2) is 4.98 Å². The van der Waals surface area contributed by atoms with E-state index >= 15 is 0 Å². The third-order valence-corrected chi connectivity index (χ3v) is 4.03. The van der Waals surface area contributed by atoms with E-state index in [4.69, 9.17) is 5.11 Å². The van der Waals surface area contributed by atoms with Gasteiger partial charge in [0.15, 0.2) is 0 Å². The molecule has 2 N–H and O–H groups in total. The summed E-state index contributed by atoms with van der Waals surface area (Å²) in [4.78, 5) is 29.4. The topological polar surface area (TPSA) is 82.5 Å². The van der Waals surface area contributed by atoms with Crippen molar-refractivity contribution in [3.63, 3.8) is 0 Å². The smallest absolute Gasteiger partial charge is 0.322 e. The van der Waals surface area contributed by atoms with Gasteiger partial charge in [0.1, 0.15) is 6.04 Å². The minimum Gasteiger partial charge on any atom is -0.480 e. The second-order valence-electron chi connectivity index (χ2n) is 4.24.